The number of carbonyl (C=O) groups excluding carboxylic acids is 1. The molecule has 1 saturated carbocycles. The molecular weight excluding hydrogens is 382 g/mol. The summed E-state index contributed by atoms with van der Waals surface area (Å²) in [5.41, 5.74) is 0.385. The van der Waals surface area contributed by atoms with E-state index in [1.165, 1.54) is 6.33 Å². The number of ether oxygens (including phenoxy) is 3. The Morgan fingerprint density at radius 3 is 2.57 bits per heavy atom. The molecule has 150 valence electrons. The lowest BCUT2D eigenvalue weighted by Gasteiger charge is -2.58. The maximum Gasteiger partial charge on any atom is 0.410 e. The van der Waals surface area contributed by atoms with Crippen LogP contribution < -0.4 is 9.47 Å². The minimum Gasteiger partial charge on any atom is -0.493 e. The smallest absolute Gasteiger partial charge is 0.410 e. The van der Waals surface area contributed by atoms with Crippen molar-refractivity contribution < 1.29 is 19.0 Å². The number of amides is 1. The average molecular weight is 406 g/mol. The first kappa shape index (κ1) is 19.1. The van der Waals surface area contributed by atoms with Gasteiger partial charge in [0.15, 0.2) is 11.5 Å². The molecule has 2 aromatic rings. The number of aromatic nitrogens is 2. The van der Waals surface area contributed by atoms with Gasteiger partial charge in [0.25, 0.3) is 0 Å². The van der Waals surface area contributed by atoms with Crippen molar-refractivity contribution in [3.8, 4) is 11.5 Å². The lowest BCUT2D eigenvalue weighted by Crippen LogP contribution is -2.66. The Balaban J connectivity index is 1.38. The zero-order valence-electron chi connectivity index (χ0n) is 16.5. The molecule has 2 fully saturated rings. The summed E-state index contributed by atoms with van der Waals surface area (Å²) in [5, 5.41) is 1.11. The molecule has 1 saturated heterocycles. The molecule has 0 bridgehead atoms. The summed E-state index contributed by atoms with van der Waals surface area (Å²) in [4.78, 5) is 22.1. The van der Waals surface area contributed by atoms with E-state index in [2.05, 4.69) is 9.97 Å². The number of halogens is 1. The Bertz CT molecular complexity index is 914. The van der Waals surface area contributed by atoms with Crippen molar-refractivity contribution >= 4 is 28.6 Å². The van der Waals surface area contributed by atoms with Crippen LogP contribution in [-0.2, 0) is 4.74 Å². The predicted molar refractivity (Wildman–Crippen MR) is 105 cm³/mol. The van der Waals surface area contributed by atoms with Gasteiger partial charge in [0.05, 0.1) is 12.6 Å². The summed E-state index contributed by atoms with van der Waals surface area (Å²) in [6.07, 6.45) is 3.05. The standard InChI is InChI=1S/C20H24ClN3O4/c1-19(2,3)28-18(25)24-9-20(10-24)7-12(8-20)27-16-5-13-14(6-15(16)26-4)22-11-23-17(13)21/h5-6,11-12H,7-10H2,1-4H3. The third-order valence-electron chi connectivity index (χ3n) is 5.19. The SMILES string of the molecule is COc1cc2ncnc(Cl)c2cc1OC1CC2(C1)CN(C(=O)OC(C)(C)C)C2. The van der Waals surface area contributed by atoms with Crippen LogP contribution in [0, 0.1) is 5.41 Å². The van der Waals surface area contributed by atoms with Crippen LogP contribution in [0.1, 0.15) is 33.6 Å². The highest BCUT2D eigenvalue weighted by Crippen LogP contribution is 2.50. The fraction of sp³-hybridized carbons (Fsp3) is 0.550. The summed E-state index contributed by atoms with van der Waals surface area (Å²) >= 11 is 6.18. The van der Waals surface area contributed by atoms with Gasteiger partial charge < -0.3 is 19.1 Å². The molecule has 1 aliphatic carbocycles. The molecule has 0 radical (unpaired) electrons. The van der Waals surface area contributed by atoms with Crippen LogP contribution in [0.25, 0.3) is 10.9 Å². The molecule has 4 rings (SSSR count). The van der Waals surface area contributed by atoms with Gasteiger partial charge in [-0.15, -0.1) is 0 Å². The molecule has 0 N–H and O–H groups in total. The molecule has 7 nitrogen and oxygen atoms in total. The number of methoxy groups -OCH3 is 1. The summed E-state index contributed by atoms with van der Waals surface area (Å²) in [5.74, 6) is 1.25. The molecule has 8 heteroatoms. The van der Waals surface area contributed by atoms with Gasteiger partial charge in [0, 0.05) is 30.0 Å². The van der Waals surface area contributed by atoms with Crippen LogP contribution in [0.3, 0.4) is 0 Å². The Hall–Kier alpha value is -2.28. The Morgan fingerprint density at radius 1 is 1.21 bits per heavy atom. The first-order valence-electron chi connectivity index (χ1n) is 9.31. The molecule has 1 spiro atoms. The molecule has 1 aromatic carbocycles. The van der Waals surface area contributed by atoms with Crippen molar-refractivity contribution in [1.82, 2.24) is 14.9 Å². The van der Waals surface area contributed by atoms with Crippen molar-refractivity contribution in [2.45, 2.75) is 45.3 Å². The molecule has 0 atom stereocenters. The normalized spacial score (nSPS) is 18.5. The maximum absolute atomic E-state index is 12.1. The maximum atomic E-state index is 12.1. The number of rotatable bonds is 3. The molecule has 1 aromatic heterocycles. The second-order valence-corrected chi connectivity index (χ2v) is 9.03. The Kier molecular flexibility index (Phi) is 4.53. The largest absolute Gasteiger partial charge is 0.493 e. The number of likely N-dealkylation sites (tertiary alicyclic amines) is 1. The van der Waals surface area contributed by atoms with E-state index >= 15 is 0 Å². The monoisotopic (exact) mass is 405 g/mol. The third-order valence-corrected chi connectivity index (χ3v) is 5.49. The van der Waals surface area contributed by atoms with Crippen LogP contribution >= 0.6 is 11.6 Å². The predicted octanol–water partition coefficient (Wildman–Crippen LogP) is 4.07. The highest BCUT2D eigenvalue weighted by atomic mass is 35.5. The van der Waals surface area contributed by atoms with Gasteiger partial charge in [-0.05, 0) is 39.7 Å². The van der Waals surface area contributed by atoms with E-state index in [4.69, 9.17) is 25.8 Å². The molecule has 2 heterocycles. The highest BCUT2D eigenvalue weighted by molar-refractivity contribution is 6.34. The summed E-state index contributed by atoms with van der Waals surface area (Å²) < 4.78 is 17.0. The van der Waals surface area contributed by atoms with Gasteiger partial charge in [-0.3, -0.25) is 0 Å². The fourth-order valence-electron chi connectivity index (χ4n) is 3.93. The zero-order chi connectivity index (χ0) is 20.1. The molecule has 1 aliphatic heterocycles. The van der Waals surface area contributed by atoms with Crippen LogP contribution in [0.4, 0.5) is 4.79 Å². The first-order valence-corrected chi connectivity index (χ1v) is 9.69. The minimum absolute atomic E-state index is 0.0792. The van der Waals surface area contributed by atoms with E-state index in [-0.39, 0.29) is 17.6 Å². The van der Waals surface area contributed by atoms with Crippen molar-refractivity contribution in [2.75, 3.05) is 20.2 Å². The van der Waals surface area contributed by atoms with Crippen LogP contribution in [0.15, 0.2) is 18.5 Å². The third kappa shape index (κ3) is 3.55. The minimum atomic E-state index is -0.470. The van der Waals surface area contributed by atoms with Gasteiger partial charge in [0.2, 0.25) is 0 Å². The Labute approximate surface area is 168 Å². The zero-order valence-corrected chi connectivity index (χ0v) is 17.2. The van der Waals surface area contributed by atoms with Crippen molar-refractivity contribution in [3.05, 3.63) is 23.6 Å². The topological polar surface area (TPSA) is 73.8 Å². The number of carbonyl (C=O) groups is 1. The second-order valence-electron chi connectivity index (χ2n) is 8.67. The second kappa shape index (κ2) is 6.65. The number of fused-ring (bicyclic) bond motifs is 1. The van der Waals surface area contributed by atoms with Gasteiger partial charge in [-0.2, -0.15) is 0 Å². The lowest BCUT2D eigenvalue weighted by molar-refractivity contribution is -0.117. The van der Waals surface area contributed by atoms with E-state index in [1.54, 1.807) is 18.1 Å². The van der Waals surface area contributed by atoms with E-state index in [9.17, 15) is 4.79 Å². The highest BCUT2D eigenvalue weighted by Gasteiger charge is 2.55. The van der Waals surface area contributed by atoms with Crippen molar-refractivity contribution in [1.29, 1.82) is 0 Å². The molecule has 28 heavy (non-hydrogen) atoms. The first-order chi connectivity index (χ1) is 13.2. The van der Waals surface area contributed by atoms with Gasteiger partial charge in [-0.25, -0.2) is 14.8 Å². The molecule has 0 unspecified atom stereocenters. The number of hydrogen-bond acceptors (Lipinski definition) is 6. The van der Waals surface area contributed by atoms with E-state index in [1.807, 2.05) is 26.8 Å². The van der Waals surface area contributed by atoms with Crippen molar-refractivity contribution in [3.63, 3.8) is 0 Å². The van der Waals surface area contributed by atoms with Crippen LogP contribution in [-0.4, -0.2) is 52.9 Å². The average Bonchev–Trinajstić information content (AvgIpc) is 2.54. The van der Waals surface area contributed by atoms with Gasteiger partial charge >= 0.3 is 6.09 Å². The molecule has 2 aliphatic rings. The molecular formula is C20H24ClN3O4. The van der Waals surface area contributed by atoms with Gasteiger partial charge in [0.1, 0.15) is 23.2 Å². The lowest BCUT2D eigenvalue weighted by atomic mass is 9.62. The van der Waals surface area contributed by atoms with Crippen molar-refractivity contribution in [2.24, 2.45) is 5.41 Å². The summed E-state index contributed by atoms with van der Waals surface area (Å²) in [6, 6.07) is 3.63. The van der Waals surface area contributed by atoms with E-state index in [0.717, 1.165) is 31.3 Å². The molecule has 1 amide bonds. The number of benzene rings is 1. The summed E-state index contributed by atoms with van der Waals surface area (Å²) in [7, 11) is 1.60. The van der Waals surface area contributed by atoms with E-state index < -0.39 is 5.60 Å². The Morgan fingerprint density at radius 2 is 1.93 bits per heavy atom. The number of nitrogens with zero attached hydrogens (tertiary/aromatic N) is 3. The summed E-state index contributed by atoms with van der Waals surface area (Å²) in [6.45, 7) is 7.07. The van der Waals surface area contributed by atoms with Crippen LogP contribution in [0.2, 0.25) is 5.15 Å². The van der Waals surface area contributed by atoms with Crippen LogP contribution in [0.5, 0.6) is 11.5 Å². The van der Waals surface area contributed by atoms with E-state index in [0.29, 0.717) is 22.2 Å². The fourth-order valence-corrected chi connectivity index (χ4v) is 4.13. The van der Waals surface area contributed by atoms with Gasteiger partial charge in [-0.1, -0.05) is 11.6 Å². The number of hydrogen-bond donors (Lipinski definition) is 0. The quantitative estimate of drug-likeness (QED) is 0.716.